The number of H-pyrrole nitrogens is 1. The van der Waals surface area contributed by atoms with Gasteiger partial charge in [-0.2, -0.15) is 0 Å². The van der Waals surface area contributed by atoms with Gasteiger partial charge >= 0.3 is 0 Å². The molecule has 20 heavy (non-hydrogen) atoms. The SMILES string of the molecule is Cc1nc2c(c(=O)[nH]1)CN(Cc1ccncc1F)CC2. The predicted octanol–water partition coefficient (Wildman–Crippen LogP) is 1.17. The molecule has 0 saturated heterocycles. The third kappa shape index (κ3) is 2.46. The molecule has 1 aliphatic heterocycles. The Kier molecular flexibility index (Phi) is 3.31. The molecule has 2 aromatic heterocycles. The molecule has 104 valence electrons. The summed E-state index contributed by atoms with van der Waals surface area (Å²) < 4.78 is 13.6. The number of nitrogens with one attached hydrogen (secondary N) is 1. The van der Waals surface area contributed by atoms with Crippen LogP contribution in [-0.2, 0) is 19.5 Å². The van der Waals surface area contributed by atoms with Crippen LogP contribution < -0.4 is 5.56 Å². The van der Waals surface area contributed by atoms with Crippen LogP contribution >= 0.6 is 0 Å². The number of hydrogen-bond acceptors (Lipinski definition) is 4. The third-order valence-corrected chi connectivity index (χ3v) is 3.52. The van der Waals surface area contributed by atoms with E-state index in [2.05, 4.69) is 15.0 Å². The lowest BCUT2D eigenvalue weighted by Crippen LogP contribution is -2.35. The van der Waals surface area contributed by atoms with Crippen LogP contribution in [0.25, 0.3) is 0 Å². The summed E-state index contributed by atoms with van der Waals surface area (Å²) in [6.45, 7) is 3.52. The molecule has 0 aromatic carbocycles. The topological polar surface area (TPSA) is 61.9 Å². The van der Waals surface area contributed by atoms with E-state index in [9.17, 15) is 9.18 Å². The van der Waals surface area contributed by atoms with Crippen molar-refractivity contribution in [2.75, 3.05) is 6.54 Å². The van der Waals surface area contributed by atoms with Crippen LogP contribution in [-0.4, -0.2) is 26.4 Å². The monoisotopic (exact) mass is 274 g/mol. The molecule has 0 unspecified atom stereocenters. The van der Waals surface area contributed by atoms with Gasteiger partial charge in [-0.15, -0.1) is 0 Å². The van der Waals surface area contributed by atoms with Gasteiger partial charge in [-0.25, -0.2) is 9.37 Å². The molecule has 0 fully saturated rings. The molecular weight excluding hydrogens is 259 g/mol. The Morgan fingerprint density at radius 2 is 2.35 bits per heavy atom. The summed E-state index contributed by atoms with van der Waals surface area (Å²) in [5.41, 5.74) is 2.06. The second kappa shape index (κ2) is 5.13. The fraction of sp³-hybridized carbons (Fsp3) is 0.357. The Morgan fingerprint density at radius 1 is 1.50 bits per heavy atom. The Balaban J connectivity index is 1.83. The first-order chi connectivity index (χ1) is 9.63. The van der Waals surface area contributed by atoms with Crippen molar-refractivity contribution < 1.29 is 4.39 Å². The normalized spacial score (nSPS) is 15.1. The van der Waals surface area contributed by atoms with Gasteiger partial charge in [0.25, 0.3) is 5.56 Å². The van der Waals surface area contributed by atoms with Gasteiger partial charge < -0.3 is 4.98 Å². The van der Waals surface area contributed by atoms with Crippen molar-refractivity contribution in [1.29, 1.82) is 0 Å². The number of aryl methyl sites for hydroxylation is 1. The van der Waals surface area contributed by atoms with Crippen LogP contribution in [0.2, 0.25) is 0 Å². The molecule has 3 heterocycles. The van der Waals surface area contributed by atoms with Crippen molar-refractivity contribution in [3.05, 3.63) is 57.3 Å². The quantitative estimate of drug-likeness (QED) is 0.893. The first-order valence-electron chi connectivity index (χ1n) is 6.53. The highest BCUT2D eigenvalue weighted by atomic mass is 19.1. The van der Waals surface area contributed by atoms with Gasteiger partial charge in [-0.3, -0.25) is 14.7 Å². The Labute approximate surface area is 115 Å². The second-order valence-electron chi connectivity index (χ2n) is 5.00. The fourth-order valence-electron chi connectivity index (χ4n) is 2.51. The van der Waals surface area contributed by atoms with Gasteiger partial charge in [0.2, 0.25) is 0 Å². The highest BCUT2D eigenvalue weighted by Gasteiger charge is 2.21. The summed E-state index contributed by atoms with van der Waals surface area (Å²) in [5, 5.41) is 0. The van der Waals surface area contributed by atoms with E-state index in [0.29, 0.717) is 36.5 Å². The lowest BCUT2D eigenvalue weighted by Gasteiger charge is -2.27. The van der Waals surface area contributed by atoms with E-state index in [-0.39, 0.29) is 11.4 Å². The summed E-state index contributed by atoms with van der Waals surface area (Å²) in [6, 6.07) is 1.67. The van der Waals surface area contributed by atoms with Gasteiger partial charge in [-0.05, 0) is 13.0 Å². The maximum atomic E-state index is 13.6. The van der Waals surface area contributed by atoms with Crippen LogP contribution in [0.4, 0.5) is 4.39 Å². The van der Waals surface area contributed by atoms with Crippen LogP contribution in [0.1, 0.15) is 22.6 Å². The largest absolute Gasteiger partial charge is 0.310 e. The van der Waals surface area contributed by atoms with Crippen molar-refractivity contribution >= 4 is 0 Å². The van der Waals surface area contributed by atoms with E-state index in [1.807, 2.05) is 4.90 Å². The summed E-state index contributed by atoms with van der Waals surface area (Å²) in [6.07, 6.45) is 3.51. The zero-order chi connectivity index (χ0) is 14.1. The fourth-order valence-corrected chi connectivity index (χ4v) is 2.51. The highest BCUT2D eigenvalue weighted by Crippen LogP contribution is 2.17. The van der Waals surface area contributed by atoms with Crippen molar-refractivity contribution in [3.63, 3.8) is 0 Å². The van der Waals surface area contributed by atoms with Crippen molar-refractivity contribution in [2.45, 2.75) is 26.4 Å². The molecule has 0 atom stereocenters. The van der Waals surface area contributed by atoms with Crippen molar-refractivity contribution in [3.8, 4) is 0 Å². The van der Waals surface area contributed by atoms with E-state index in [1.54, 1.807) is 19.2 Å². The van der Waals surface area contributed by atoms with Gasteiger partial charge in [0.05, 0.1) is 17.5 Å². The van der Waals surface area contributed by atoms with Gasteiger partial charge in [0.1, 0.15) is 11.6 Å². The van der Waals surface area contributed by atoms with Crippen LogP contribution in [0.15, 0.2) is 23.3 Å². The molecule has 6 heteroatoms. The zero-order valence-electron chi connectivity index (χ0n) is 11.2. The number of hydrogen-bond donors (Lipinski definition) is 1. The second-order valence-corrected chi connectivity index (χ2v) is 5.00. The lowest BCUT2D eigenvalue weighted by molar-refractivity contribution is 0.238. The number of aromatic amines is 1. The number of aromatic nitrogens is 3. The molecule has 0 spiro atoms. The average Bonchev–Trinajstić information content (AvgIpc) is 2.42. The molecule has 3 rings (SSSR count). The highest BCUT2D eigenvalue weighted by molar-refractivity contribution is 5.21. The number of halogens is 1. The summed E-state index contributed by atoms with van der Waals surface area (Å²) in [5.74, 6) is 0.330. The standard InChI is InChI=1S/C14H15FN4O/c1-9-17-13-3-5-19(8-11(13)14(20)18-9)7-10-2-4-16-6-12(10)15/h2,4,6H,3,5,7-8H2,1H3,(H,17,18,20). The third-order valence-electron chi connectivity index (χ3n) is 3.52. The van der Waals surface area contributed by atoms with Crippen molar-refractivity contribution in [1.82, 2.24) is 19.9 Å². The first kappa shape index (κ1) is 12.9. The van der Waals surface area contributed by atoms with Crippen molar-refractivity contribution in [2.24, 2.45) is 0 Å². The van der Waals surface area contributed by atoms with Gasteiger partial charge in [-0.1, -0.05) is 0 Å². The van der Waals surface area contributed by atoms with E-state index >= 15 is 0 Å². The molecule has 0 saturated carbocycles. The Morgan fingerprint density at radius 3 is 3.15 bits per heavy atom. The lowest BCUT2D eigenvalue weighted by atomic mass is 10.1. The molecule has 0 aliphatic carbocycles. The van der Waals surface area contributed by atoms with E-state index in [4.69, 9.17) is 0 Å². The number of nitrogens with zero attached hydrogens (tertiary/aromatic N) is 3. The minimum absolute atomic E-state index is 0.0904. The predicted molar refractivity (Wildman–Crippen MR) is 71.6 cm³/mol. The maximum absolute atomic E-state index is 13.6. The smallest absolute Gasteiger partial charge is 0.255 e. The van der Waals surface area contributed by atoms with Crippen LogP contribution in [0, 0.1) is 12.7 Å². The Hall–Kier alpha value is -2.08. The van der Waals surface area contributed by atoms with E-state index in [1.165, 1.54) is 6.20 Å². The molecule has 0 radical (unpaired) electrons. The molecule has 2 aromatic rings. The maximum Gasteiger partial charge on any atom is 0.255 e. The summed E-state index contributed by atoms with van der Waals surface area (Å²) >= 11 is 0. The van der Waals surface area contributed by atoms with Crippen LogP contribution in [0.5, 0.6) is 0 Å². The molecule has 0 amide bonds. The number of pyridine rings is 1. The van der Waals surface area contributed by atoms with E-state index in [0.717, 1.165) is 12.2 Å². The molecular formula is C14H15FN4O. The van der Waals surface area contributed by atoms with Gasteiger partial charge in [0, 0.05) is 37.8 Å². The zero-order valence-corrected chi connectivity index (χ0v) is 11.2. The summed E-state index contributed by atoms with van der Waals surface area (Å²) in [4.78, 5) is 24.8. The molecule has 0 bridgehead atoms. The molecule has 1 N–H and O–H groups in total. The molecule has 5 nitrogen and oxygen atoms in total. The van der Waals surface area contributed by atoms with Crippen LogP contribution in [0.3, 0.4) is 0 Å². The number of fused-ring (bicyclic) bond motifs is 1. The average molecular weight is 274 g/mol. The number of rotatable bonds is 2. The van der Waals surface area contributed by atoms with Gasteiger partial charge in [0.15, 0.2) is 0 Å². The van der Waals surface area contributed by atoms with E-state index < -0.39 is 0 Å². The first-order valence-corrected chi connectivity index (χ1v) is 6.53. The minimum Gasteiger partial charge on any atom is -0.310 e. The Bertz CT molecular complexity index is 698. The summed E-state index contributed by atoms with van der Waals surface area (Å²) in [7, 11) is 0. The molecule has 1 aliphatic rings. The minimum atomic E-state index is -0.311.